The third-order valence-corrected chi connectivity index (χ3v) is 1.21. The van der Waals surface area contributed by atoms with Crippen molar-refractivity contribution in [1.82, 2.24) is 0 Å². The molecule has 0 aliphatic rings. The fraction of sp³-hybridized carbons (Fsp3) is 1.00. The molecule has 72 valence electrons. The van der Waals surface area contributed by atoms with Gasteiger partial charge in [-0.15, -0.1) is 23.2 Å². The number of halogens is 2. The Morgan fingerprint density at radius 1 is 0.818 bits per heavy atom. The highest BCUT2D eigenvalue weighted by Gasteiger charge is 1.80. The maximum Gasteiger partial charge on any atom is 0.0967 e. The number of hydrogen-bond acceptors (Lipinski definition) is 0. The molecule has 0 nitrogen and oxygen atoms in total. The molecule has 0 N–H and O–H groups in total. The van der Waals surface area contributed by atoms with E-state index in [1.54, 1.807) is 0 Å². The smallest absolute Gasteiger partial charge is 0.0967 e. The highest BCUT2D eigenvalue weighted by Crippen LogP contribution is 2.00. The van der Waals surface area contributed by atoms with E-state index in [1.165, 1.54) is 32.1 Å². The molecule has 0 heterocycles. The minimum atomic E-state index is 0. The third kappa shape index (κ3) is 37.1. The second kappa shape index (κ2) is 22.4. The summed E-state index contributed by atoms with van der Waals surface area (Å²) in [6, 6.07) is 0. The molecule has 0 bridgehead atoms. The van der Waals surface area contributed by atoms with Crippen LogP contribution in [-0.4, -0.2) is 5.34 Å². The third-order valence-electron chi connectivity index (χ3n) is 1.21. The summed E-state index contributed by atoms with van der Waals surface area (Å²) in [6.07, 6.45) is 7.01. The van der Waals surface area contributed by atoms with Gasteiger partial charge in [0.25, 0.3) is 0 Å². The van der Waals surface area contributed by atoms with Crippen LogP contribution in [0.3, 0.4) is 0 Å². The lowest BCUT2D eigenvalue weighted by Gasteiger charge is -1.90. The Hall–Kier alpha value is 0.580. The summed E-state index contributed by atoms with van der Waals surface area (Å²) in [5.41, 5.74) is 0. The Labute approximate surface area is 82.3 Å². The van der Waals surface area contributed by atoms with Crippen molar-refractivity contribution in [1.29, 1.82) is 0 Å². The topological polar surface area (TPSA) is 0 Å². The highest BCUT2D eigenvalue weighted by atomic mass is 35.5. The van der Waals surface area contributed by atoms with Crippen molar-refractivity contribution < 1.29 is 0 Å². The van der Waals surface area contributed by atoms with Gasteiger partial charge in [0.2, 0.25) is 0 Å². The van der Waals surface area contributed by atoms with Crippen molar-refractivity contribution in [3.8, 4) is 0 Å². The van der Waals surface area contributed by atoms with E-state index < -0.39 is 0 Å². The molecule has 0 aromatic rings. The van der Waals surface area contributed by atoms with Gasteiger partial charge in [0.05, 0.1) is 5.34 Å². The summed E-state index contributed by atoms with van der Waals surface area (Å²) in [5.74, 6) is 0. The van der Waals surface area contributed by atoms with Crippen molar-refractivity contribution in [3.05, 3.63) is 0 Å². The molecular formula is C9H22Cl2. The molecule has 0 saturated carbocycles. The van der Waals surface area contributed by atoms with Crippen molar-refractivity contribution in [2.24, 2.45) is 0 Å². The second-order valence-electron chi connectivity index (χ2n) is 2.16. The predicted molar refractivity (Wildman–Crippen MR) is 57.7 cm³/mol. The summed E-state index contributed by atoms with van der Waals surface area (Å²) in [5, 5.41) is 0.194. The van der Waals surface area contributed by atoms with E-state index in [0.717, 1.165) is 0 Å². The number of unbranched alkanes of at least 4 members (excludes halogenated alkanes) is 4. The molecule has 0 radical (unpaired) electrons. The van der Waals surface area contributed by atoms with Crippen LogP contribution in [0.1, 0.15) is 53.4 Å². The van der Waals surface area contributed by atoms with Crippen LogP contribution < -0.4 is 0 Å². The van der Waals surface area contributed by atoms with Gasteiger partial charge in [-0.05, 0) is 0 Å². The molecule has 2 heteroatoms. The maximum atomic E-state index is 4.76. The number of rotatable bonds is 4. The van der Waals surface area contributed by atoms with Gasteiger partial charge in [0.1, 0.15) is 0 Å². The fourth-order valence-corrected chi connectivity index (χ4v) is 0.677. The standard InChI is InChI=1S/C7H16.CH2Cl2.CH4/c1-3-5-7-6-4-2;2-1-3;/h3-7H2,1-2H3;1H2;1H4. The molecule has 11 heavy (non-hydrogen) atoms. The van der Waals surface area contributed by atoms with E-state index in [1.807, 2.05) is 0 Å². The fourth-order valence-electron chi connectivity index (χ4n) is 0.677. The van der Waals surface area contributed by atoms with Crippen molar-refractivity contribution >= 4 is 23.2 Å². The van der Waals surface area contributed by atoms with Gasteiger partial charge in [-0.25, -0.2) is 0 Å². The average molecular weight is 201 g/mol. The van der Waals surface area contributed by atoms with Gasteiger partial charge in [0.15, 0.2) is 0 Å². The van der Waals surface area contributed by atoms with E-state index in [0.29, 0.717) is 0 Å². The van der Waals surface area contributed by atoms with E-state index in [4.69, 9.17) is 23.2 Å². The Bertz CT molecular complexity index is 34.5. The van der Waals surface area contributed by atoms with Gasteiger partial charge in [-0.2, -0.15) is 0 Å². The molecule has 0 aromatic carbocycles. The lowest BCUT2D eigenvalue weighted by Crippen LogP contribution is -1.70. The van der Waals surface area contributed by atoms with Crippen molar-refractivity contribution in [2.45, 2.75) is 53.4 Å². The lowest BCUT2D eigenvalue weighted by molar-refractivity contribution is 0.656. The summed E-state index contributed by atoms with van der Waals surface area (Å²) in [6.45, 7) is 4.49. The van der Waals surface area contributed by atoms with Gasteiger partial charge in [0, 0.05) is 0 Å². The van der Waals surface area contributed by atoms with E-state index >= 15 is 0 Å². The first-order chi connectivity index (χ1) is 4.83. The normalized spacial score (nSPS) is 7.64. The molecule has 0 aliphatic carbocycles. The molecule has 0 saturated heterocycles. The minimum Gasteiger partial charge on any atom is -0.109 e. The van der Waals surface area contributed by atoms with Crippen molar-refractivity contribution in [3.63, 3.8) is 0 Å². The van der Waals surface area contributed by atoms with Crippen LogP contribution in [0, 0.1) is 0 Å². The van der Waals surface area contributed by atoms with Gasteiger partial charge >= 0.3 is 0 Å². The lowest BCUT2D eigenvalue weighted by atomic mass is 10.2. The molecule has 0 amide bonds. The zero-order valence-corrected chi connectivity index (χ0v) is 8.51. The van der Waals surface area contributed by atoms with Crippen LogP contribution >= 0.6 is 23.2 Å². The second-order valence-corrected chi connectivity index (χ2v) is 2.97. The first kappa shape index (κ1) is 17.6. The molecular weight excluding hydrogens is 179 g/mol. The quantitative estimate of drug-likeness (QED) is 0.441. The molecule has 0 spiro atoms. The van der Waals surface area contributed by atoms with Crippen LogP contribution in [0.5, 0.6) is 0 Å². The summed E-state index contributed by atoms with van der Waals surface area (Å²) >= 11 is 9.53. The molecule has 0 fully saturated rings. The number of alkyl halides is 2. The molecule has 0 aliphatic heterocycles. The first-order valence-electron chi connectivity index (χ1n) is 3.95. The molecule has 0 rings (SSSR count). The zero-order chi connectivity index (χ0) is 8.24. The average Bonchev–Trinajstić information content (AvgIpc) is 1.91. The number of hydrogen-bond donors (Lipinski definition) is 0. The first-order valence-corrected chi connectivity index (χ1v) is 5.02. The van der Waals surface area contributed by atoms with Gasteiger partial charge < -0.3 is 0 Å². The minimum absolute atomic E-state index is 0. The predicted octanol–water partition coefficient (Wildman–Crippen LogP) is 5.03. The maximum absolute atomic E-state index is 4.76. The van der Waals surface area contributed by atoms with Crippen LogP contribution in [0.4, 0.5) is 0 Å². The Kier molecular flexibility index (Phi) is 35.9. The molecule has 0 unspecified atom stereocenters. The van der Waals surface area contributed by atoms with Crippen molar-refractivity contribution in [2.75, 3.05) is 5.34 Å². The SMILES string of the molecule is C.CCCCCCC.ClCCl. The van der Waals surface area contributed by atoms with Crippen LogP contribution in [0.2, 0.25) is 0 Å². The zero-order valence-electron chi connectivity index (χ0n) is 7.00. The summed E-state index contributed by atoms with van der Waals surface area (Å²) in [4.78, 5) is 0. The molecule has 0 aromatic heterocycles. The summed E-state index contributed by atoms with van der Waals surface area (Å²) < 4.78 is 0. The van der Waals surface area contributed by atoms with Crippen LogP contribution in [-0.2, 0) is 0 Å². The Morgan fingerprint density at radius 3 is 1.27 bits per heavy atom. The van der Waals surface area contributed by atoms with E-state index in [9.17, 15) is 0 Å². The van der Waals surface area contributed by atoms with Gasteiger partial charge in [-0.1, -0.05) is 53.4 Å². The van der Waals surface area contributed by atoms with Crippen LogP contribution in [0.25, 0.3) is 0 Å². The largest absolute Gasteiger partial charge is 0.109 e. The Morgan fingerprint density at radius 2 is 1.09 bits per heavy atom. The Balaban J connectivity index is -0.000000140. The summed E-state index contributed by atoms with van der Waals surface area (Å²) in [7, 11) is 0. The monoisotopic (exact) mass is 200 g/mol. The molecule has 0 atom stereocenters. The highest BCUT2D eigenvalue weighted by molar-refractivity contribution is 6.40. The van der Waals surface area contributed by atoms with Gasteiger partial charge in [-0.3, -0.25) is 0 Å². The van der Waals surface area contributed by atoms with E-state index in [-0.39, 0.29) is 12.8 Å². The van der Waals surface area contributed by atoms with Crippen LogP contribution in [0.15, 0.2) is 0 Å². The van der Waals surface area contributed by atoms with E-state index in [2.05, 4.69) is 13.8 Å².